The fourth-order valence-electron chi connectivity index (χ4n) is 2.47. The molecule has 0 spiro atoms. The van der Waals surface area contributed by atoms with E-state index in [1.165, 1.54) is 0 Å². The number of nitrogens with two attached hydrogens (primary N) is 1. The molecule has 0 heterocycles. The van der Waals surface area contributed by atoms with E-state index in [4.69, 9.17) is 5.73 Å². The van der Waals surface area contributed by atoms with E-state index in [-0.39, 0.29) is 24.3 Å². The molecule has 118 valence electrons. The first-order chi connectivity index (χ1) is 9.75. The predicted molar refractivity (Wildman–Crippen MR) is 79.7 cm³/mol. The molecule has 1 atom stereocenters. The zero-order valence-corrected chi connectivity index (χ0v) is 12.9. The van der Waals surface area contributed by atoms with Gasteiger partial charge in [0.1, 0.15) is 11.6 Å². The molecule has 0 aliphatic carbocycles. The van der Waals surface area contributed by atoms with Gasteiger partial charge in [0.05, 0.1) is 0 Å². The van der Waals surface area contributed by atoms with Gasteiger partial charge >= 0.3 is 0 Å². The third-order valence-corrected chi connectivity index (χ3v) is 3.38. The number of aryl methyl sites for hydroxylation is 1. The Bertz CT molecular complexity index is 491. The first kappa shape index (κ1) is 17.6. The number of amides is 1. The van der Waals surface area contributed by atoms with Gasteiger partial charge in [0.15, 0.2) is 0 Å². The van der Waals surface area contributed by atoms with Gasteiger partial charge in [0, 0.05) is 18.5 Å². The van der Waals surface area contributed by atoms with Crippen molar-refractivity contribution in [2.75, 3.05) is 6.54 Å². The molecular formula is C16H24F2N2O. The fourth-order valence-corrected chi connectivity index (χ4v) is 2.47. The molecule has 21 heavy (non-hydrogen) atoms. The summed E-state index contributed by atoms with van der Waals surface area (Å²) in [6, 6.07) is 3.26. The summed E-state index contributed by atoms with van der Waals surface area (Å²) in [4.78, 5) is 12.0. The lowest BCUT2D eigenvalue weighted by Gasteiger charge is -2.31. The highest BCUT2D eigenvalue weighted by atomic mass is 19.1. The van der Waals surface area contributed by atoms with E-state index < -0.39 is 17.2 Å². The van der Waals surface area contributed by atoms with Crippen LogP contribution in [0.4, 0.5) is 8.78 Å². The van der Waals surface area contributed by atoms with Crippen molar-refractivity contribution in [1.82, 2.24) is 5.32 Å². The third kappa shape index (κ3) is 5.79. The average Bonchev–Trinajstić information content (AvgIpc) is 2.39. The van der Waals surface area contributed by atoms with E-state index in [0.29, 0.717) is 12.5 Å². The van der Waals surface area contributed by atoms with Crippen LogP contribution in [0, 0.1) is 17.6 Å². The van der Waals surface area contributed by atoms with Gasteiger partial charge in [-0.05, 0) is 49.4 Å². The molecule has 0 saturated carbocycles. The zero-order chi connectivity index (χ0) is 16.0. The van der Waals surface area contributed by atoms with Crippen molar-refractivity contribution >= 4 is 5.91 Å². The number of nitrogens with one attached hydrogen (secondary N) is 1. The van der Waals surface area contributed by atoms with E-state index in [9.17, 15) is 13.6 Å². The monoisotopic (exact) mass is 298 g/mol. The summed E-state index contributed by atoms with van der Waals surface area (Å²) in [5.74, 6) is -0.793. The Hall–Kier alpha value is -1.49. The third-order valence-electron chi connectivity index (χ3n) is 3.38. The van der Waals surface area contributed by atoms with Gasteiger partial charge in [-0.15, -0.1) is 0 Å². The summed E-state index contributed by atoms with van der Waals surface area (Å²) >= 11 is 0. The maximum atomic E-state index is 13.5. The molecule has 5 heteroatoms. The highest BCUT2D eigenvalue weighted by molar-refractivity contribution is 5.77. The minimum Gasteiger partial charge on any atom is -0.350 e. The standard InChI is InChI=1S/C16H24F2N2O/c1-11(2)9-16(3,10-19)20-15(21)7-4-12-8-13(17)5-6-14(12)18/h5-6,8,11H,4,7,9-10,19H2,1-3H3,(H,20,21). The van der Waals surface area contributed by atoms with Crippen molar-refractivity contribution in [3.8, 4) is 0 Å². The normalized spacial score (nSPS) is 14.0. The van der Waals surface area contributed by atoms with Crippen LogP contribution >= 0.6 is 0 Å². The predicted octanol–water partition coefficient (Wildman–Crippen LogP) is 2.78. The van der Waals surface area contributed by atoms with Crippen LogP contribution in [-0.2, 0) is 11.2 Å². The highest BCUT2D eigenvalue weighted by Gasteiger charge is 2.25. The number of carbonyl (C=O) groups is 1. The molecule has 1 rings (SSSR count). The van der Waals surface area contributed by atoms with Gasteiger partial charge in [-0.1, -0.05) is 13.8 Å². The molecule has 0 radical (unpaired) electrons. The van der Waals surface area contributed by atoms with Gasteiger partial charge in [0.2, 0.25) is 5.91 Å². The van der Waals surface area contributed by atoms with Crippen molar-refractivity contribution in [2.45, 2.75) is 45.6 Å². The summed E-state index contributed by atoms with van der Waals surface area (Å²) in [6.07, 6.45) is 1.04. The minimum absolute atomic E-state index is 0.105. The summed E-state index contributed by atoms with van der Waals surface area (Å²) in [6.45, 7) is 6.35. The zero-order valence-electron chi connectivity index (χ0n) is 12.9. The Morgan fingerprint density at radius 2 is 2.05 bits per heavy atom. The number of rotatable bonds is 7. The van der Waals surface area contributed by atoms with Crippen molar-refractivity contribution in [1.29, 1.82) is 0 Å². The Labute approximate surface area is 124 Å². The van der Waals surface area contributed by atoms with E-state index in [0.717, 1.165) is 24.6 Å². The van der Waals surface area contributed by atoms with Crippen LogP contribution < -0.4 is 11.1 Å². The molecule has 1 aromatic carbocycles. The number of benzene rings is 1. The van der Waals surface area contributed by atoms with Crippen LogP contribution in [0.2, 0.25) is 0 Å². The molecule has 0 aromatic heterocycles. The van der Waals surface area contributed by atoms with Gasteiger partial charge in [-0.25, -0.2) is 8.78 Å². The van der Waals surface area contributed by atoms with Crippen molar-refractivity contribution in [2.24, 2.45) is 11.7 Å². The second kappa shape index (κ2) is 7.50. The molecule has 0 saturated heterocycles. The van der Waals surface area contributed by atoms with Crippen molar-refractivity contribution in [3.05, 3.63) is 35.4 Å². The summed E-state index contributed by atoms with van der Waals surface area (Å²) in [5, 5.41) is 2.90. The Kier molecular flexibility index (Phi) is 6.27. The van der Waals surface area contributed by atoms with Crippen LogP contribution in [-0.4, -0.2) is 18.0 Å². The molecule has 0 bridgehead atoms. The molecule has 0 fully saturated rings. The molecule has 1 aromatic rings. The van der Waals surface area contributed by atoms with Crippen LogP contribution in [0.1, 0.15) is 39.2 Å². The second-order valence-corrected chi connectivity index (χ2v) is 6.15. The van der Waals surface area contributed by atoms with Crippen LogP contribution in [0.3, 0.4) is 0 Å². The smallest absolute Gasteiger partial charge is 0.220 e. The quantitative estimate of drug-likeness (QED) is 0.813. The molecule has 0 aliphatic rings. The maximum absolute atomic E-state index is 13.5. The number of carbonyl (C=O) groups excluding carboxylic acids is 1. The average molecular weight is 298 g/mol. The summed E-state index contributed by atoms with van der Waals surface area (Å²) in [5.41, 5.74) is 5.48. The second-order valence-electron chi connectivity index (χ2n) is 6.15. The SMILES string of the molecule is CC(C)CC(C)(CN)NC(=O)CCc1cc(F)ccc1F. The van der Waals surface area contributed by atoms with Crippen LogP contribution in [0.5, 0.6) is 0 Å². The topological polar surface area (TPSA) is 55.1 Å². The van der Waals surface area contributed by atoms with E-state index in [1.807, 2.05) is 6.92 Å². The van der Waals surface area contributed by atoms with E-state index >= 15 is 0 Å². The summed E-state index contributed by atoms with van der Waals surface area (Å²) in [7, 11) is 0. The number of hydrogen-bond acceptors (Lipinski definition) is 2. The van der Waals surface area contributed by atoms with Gasteiger partial charge < -0.3 is 11.1 Å². The molecule has 1 unspecified atom stereocenters. The highest BCUT2D eigenvalue weighted by Crippen LogP contribution is 2.16. The summed E-state index contributed by atoms with van der Waals surface area (Å²) < 4.78 is 26.5. The van der Waals surface area contributed by atoms with Gasteiger partial charge in [-0.2, -0.15) is 0 Å². The van der Waals surface area contributed by atoms with Crippen LogP contribution in [0.25, 0.3) is 0 Å². The lowest BCUT2D eigenvalue weighted by molar-refractivity contribution is -0.122. The Balaban J connectivity index is 2.59. The van der Waals surface area contributed by atoms with E-state index in [1.54, 1.807) is 0 Å². The van der Waals surface area contributed by atoms with Gasteiger partial charge in [0.25, 0.3) is 0 Å². The van der Waals surface area contributed by atoms with Crippen molar-refractivity contribution < 1.29 is 13.6 Å². The first-order valence-electron chi connectivity index (χ1n) is 7.21. The van der Waals surface area contributed by atoms with Gasteiger partial charge in [-0.3, -0.25) is 4.79 Å². The number of hydrogen-bond donors (Lipinski definition) is 2. The lowest BCUT2D eigenvalue weighted by Crippen LogP contribution is -2.52. The van der Waals surface area contributed by atoms with Crippen molar-refractivity contribution in [3.63, 3.8) is 0 Å². The maximum Gasteiger partial charge on any atom is 0.220 e. The molecule has 1 amide bonds. The Morgan fingerprint density at radius 3 is 2.62 bits per heavy atom. The van der Waals surface area contributed by atoms with E-state index in [2.05, 4.69) is 19.2 Å². The molecular weight excluding hydrogens is 274 g/mol. The molecule has 0 aliphatic heterocycles. The molecule has 3 N–H and O–H groups in total. The Morgan fingerprint density at radius 1 is 1.38 bits per heavy atom. The minimum atomic E-state index is -0.501. The molecule has 3 nitrogen and oxygen atoms in total. The fraction of sp³-hybridized carbons (Fsp3) is 0.562. The van der Waals surface area contributed by atoms with Crippen LogP contribution in [0.15, 0.2) is 18.2 Å². The largest absolute Gasteiger partial charge is 0.350 e. The number of halogens is 2. The first-order valence-corrected chi connectivity index (χ1v) is 7.21. The lowest BCUT2D eigenvalue weighted by atomic mass is 9.90.